The van der Waals surface area contributed by atoms with Crippen molar-refractivity contribution >= 4 is 18.3 Å². The summed E-state index contributed by atoms with van der Waals surface area (Å²) < 4.78 is 6.78. The number of nitrogens with one attached hydrogen (secondary N) is 1. The van der Waals surface area contributed by atoms with Gasteiger partial charge in [0.2, 0.25) is 0 Å². The van der Waals surface area contributed by atoms with Crippen LogP contribution in [0, 0.1) is 0 Å². The third-order valence-corrected chi connectivity index (χ3v) is 4.17. The number of aromatic nitrogens is 2. The number of hydrogen-bond donors (Lipinski definition) is 2. The molecule has 0 aliphatic rings. The molecule has 132 valence electrons. The average Bonchev–Trinajstić information content (AvgIpc) is 3.09. The van der Waals surface area contributed by atoms with Crippen LogP contribution in [0.1, 0.15) is 37.2 Å². The van der Waals surface area contributed by atoms with Crippen LogP contribution in [0.3, 0.4) is 0 Å². The van der Waals surface area contributed by atoms with Gasteiger partial charge in [0, 0.05) is 18.3 Å². The Kier molecular flexibility index (Phi) is 7.25. The minimum Gasteiger partial charge on any atom is -0.497 e. The van der Waals surface area contributed by atoms with Crippen LogP contribution in [0.2, 0.25) is 0 Å². The highest BCUT2D eigenvalue weighted by Gasteiger charge is 2.21. The number of methoxy groups -OCH3 is 1. The lowest BCUT2D eigenvalue weighted by Gasteiger charge is -2.26. The topological polar surface area (TPSA) is 82.2 Å². The first-order chi connectivity index (χ1) is 11.0. The summed E-state index contributed by atoms with van der Waals surface area (Å²) in [7, 11) is 1.62. The second kappa shape index (κ2) is 8.70. The molecule has 0 saturated heterocycles. The number of carbonyl (C=O) groups is 1. The van der Waals surface area contributed by atoms with E-state index in [2.05, 4.69) is 10.4 Å². The molecule has 1 aromatic heterocycles. The maximum Gasteiger partial charge on any atom is 0.271 e. The first kappa shape index (κ1) is 20.0. The predicted molar refractivity (Wildman–Crippen MR) is 97.2 cm³/mol. The van der Waals surface area contributed by atoms with E-state index in [0.717, 1.165) is 24.3 Å². The molecular formula is C17H25ClN4O2. The number of halogens is 1. The van der Waals surface area contributed by atoms with Gasteiger partial charge in [0.05, 0.1) is 12.8 Å². The van der Waals surface area contributed by atoms with Crippen LogP contribution >= 0.6 is 12.4 Å². The molecule has 1 amide bonds. The van der Waals surface area contributed by atoms with Gasteiger partial charge in [-0.1, -0.05) is 13.8 Å². The lowest BCUT2D eigenvalue weighted by atomic mass is 9.94. The molecule has 0 fully saturated rings. The molecule has 0 atom stereocenters. The quantitative estimate of drug-likeness (QED) is 0.802. The highest BCUT2D eigenvalue weighted by Crippen LogP contribution is 2.15. The van der Waals surface area contributed by atoms with Crippen molar-refractivity contribution in [3.8, 4) is 11.4 Å². The molecule has 0 saturated carbocycles. The van der Waals surface area contributed by atoms with Gasteiger partial charge in [0.15, 0.2) is 5.69 Å². The van der Waals surface area contributed by atoms with E-state index >= 15 is 0 Å². The fourth-order valence-electron chi connectivity index (χ4n) is 2.17. The summed E-state index contributed by atoms with van der Waals surface area (Å²) in [5.41, 5.74) is 7.06. The van der Waals surface area contributed by atoms with Gasteiger partial charge < -0.3 is 15.8 Å². The fraction of sp³-hybridized carbons (Fsp3) is 0.412. The normalized spacial score (nSPS) is 10.8. The van der Waals surface area contributed by atoms with E-state index in [9.17, 15) is 4.79 Å². The molecule has 24 heavy (non-hydrogen) atoms. The van der Waals surface area contributed by atoms with Crippen molar-refractivity contribution in [2.24, 2.45) is 5.73 Å². The van der Waals surface area contributed by atoms with Crippen LogP contribution in [0.5, 0.6) is 5.75 Å². The van der Waals surface area contributed by atoms with E-state index in [1.807, 2.05) is 38.1 Å². The molecule has 0 spiro atoms. The molecule has 0 unspecified atom stereocenters. The minimum atomic E-state index is -0.367. The Hall–Kier alpha value is -2.05. The second-order valence-electron chi connectivity index (χ2n) is 5.60. The highest BCUT2D eigenvalue weighted by molar-refractivity contribution is 5.92. The van der Waals surface area contributed by atoms with Gasteiger partial charge in [-0.05, 0) is 43.2 Å². The molecule has 7 heteroatoms. The van der Waals surface area contributed by atoms with Crippen LogP contribution in [0.25, 0.3) is 5.69 Å². The van der Waals surface area contributed by atoms with E-state index < -0.39 is 0 Å². The molecular weight excluding hydrogens is 328 g/mol. The summed E-state index contributed by atoms with van der Waals surface area (Å²) >= 11 is 0. The van der Waals surface area contributed by atoms with Crippen molar-refractivity contribution in [3.63, 3.8) is 0 Å². The number of ether oxygens (including phenoxy) is 1. The maximum atomic E-state index is 12.2. The number of hydrogen-bond acceptors (Lipinski definition) is 4. The number of carbonyl (C=O) groups excluding carboxylic acids is 1. The molecule has 0 aliphatic heterocycles. The molecule has 0 aliphatic carbocycles. The van der Waals surface area contributed by atoms with Crippen LogP contribution in [0.15, 0.2) is 36.5 Å². The van der Waals surface area contributed by atoms with Gasteiger partial charge in [-0.15, -0.1) is 12.4 Å². The zero-order valence-corrected chi connectivity index (χ0v) is 15.1. The van der Waals surface area contributed by atoms with E-state index in [-0.39, 0.29) is 23.9 Å². The fourth-order valence-corrected chi connectivity index (χ4v) is 2.17. The van der Waals surface area contributed by atoms with E-state index in [1.165, 1.54) is 0 Å². The molecule has 2 rings (SSSR count). The molecule has 0 radical (unpaired) electrons. The maximum absolute atomic E-state index is 12.2. The van der Waals surface area contributed by atoms with Crippen molar-refractivity contribution in [1.82, 2.24) is 15.1 Å². The van der Waals surface area contributed by atoms with Crippen molar-refractivity contribution in [3.05, 3.63) is 42.2 Å². The number of benzene rings is 1. The summed E-state index contributed by atoms with van der Waals surface area (Å²) in [4.78, 5) is 12.2. The average molecular weight is 353 g/mol. The molecule has 3 N–H and O–H groups in total. The van der Waals surface area contributed by atoms with Crippen LogP contribution in [-0.4, -0.2) is 34.9 Å². The van der Waals surface area contributed by atoms with Gasteiger partial charge in [-0.3, -0.25) is 4.79 Å². The molecule has 0 bridgehead atoms. The van der Waals surface area contributed by atoms with Crippen LogP contribution in [-0.2, 0) is 0 Å². The Labute approximate surface area is 148 Å². The Morgan fingerprint density at radius 1 is 1.25 bits per heavy atom. The van der Waals surface area contributed by atoms with Gasteiger partial charge in [0.25, 0.3) is 5.91 Å². The number of nitrogens with zero attached hydrogens (tertiary/aromatic N) is 2. The Morgan fingerprint density at radius 3 is 2.42 bits per heavy atom. The Balaban J connectivity index is 0.00000288. The Morgan fingerprint density at radius 2 is 1.88 bits per heavy atom. The van der Waals surface area contributed by atoms with E-state index in [1.54, 1.807) is 24.1 Å². The first-order valence-corrected chi connectivity index (χ1v) is 7.78. The SMILES string of the molecule is CCC(N)(CC)CNC(=O)c1ccn(-c2ccc(OC)cc2)n1.Cl. The summed E-state index contributed by atoms with van der Waals surface area (Å²) in [6.45, 7) is 4.48. The van der Waals surface area contributed by atoms with Crippen molar-refractivity contribution < 1.29 is 9.53 Å². The highest BCUT2D eigenvalue weighted by atomic mass is 35.5. The molecule has 1 heterocycles. The summed E-state index contributed by atoms with van der Waals surface area (Å²) in [6, 6.07) is 9.15. The van der Waals surface area contributed by atoms with E-state index in [0.29, 0.717) is 12.2 Å². The lowest BCUT2D eigenvalue weighted by molar-refractivity contribution is 0.0936. The van der Waals surface area contributed by atoms with Gasteiger partial charge >= 0.3 is 0 Å². The zero-order valence-electron chi connectivity index (χ0n) is 14.3. The van der Waals surface area contributed by atoms with Crippen molar-refractivity contribution in [2.45, 2.75) is 32.2 Å². The van der Waals surface area contributed by atoms with Crippen LogP contribution < -0.4 is 15.8 Å². The largest absolute Gasteiger partial charge is 0.497 e. The van der Waals surface area contributed by atoms with Gasteiger partial charge in [-0.25, -0.2) is 4.68 Å². The predicted octanol–water partition coefficient (Wildman–Crippen LogP) is 2.55. The first-order valence-electron chi connectivity index (χ1n) is 7.78. The van der Waals surface area contributed by atoms with Gasteiger partial charge in [-0.2, -0.15) is 5.10 Å². The molecule has 1 aromatic carbocycles. The summed E-state index contributed by atoms with van der Waals surface area (Å²) in [5, 5.41) is 7.18. The zero-order chi connectivity index (χ0) is 16.9. The third kappa shape index (κ3) is 4.72. The lowest BCUT2D eigenvalue weighted by Crippen LogP contribution is -2.49. The van der Waals surface area contributed by atoms with Gasteiger partial charge in [0.1, 0.15) is 5.75 Å². The van der Waals surface area contributed by atoms with Crippen molar-refractivity contribution in [1.29, 1.82) is 0 Å². The standard InChI is InChI=1S/C17H24N4O2.ClH/c1-4-17(18,5-2)12-19-16(22)15-10-11-21(20-15)13-6-8-14(23-3)9-7-13;/h6-11H,4-5,12,18H2,1-3H3,(H,19,22);1H. The summed E-state index contributed by atoms with van der Waals surface area (Å²) in [5.74, 6) is 0.561. The number of amides is 1. The van der Waals surface area contributed by atoms with E-state index in [4.69, 9.17) is 10.5 Å². The molecule has 6 nitrogen and oxygen atoms in total. The monoisotopic (exact) mass is 352 g/mol. The molecule has 2 aromatic rings. The Bertz CT molecular complexity index is 651. The smallest absolute Gasteiger partial charge is 0.271 e. The van der Waals surface area contributed by atoms with Crippen LogP contribution in [0.4, 0.5) is 0 Å². The summed E-state index contributed by atoms with van der Waals surface area (Å²) in [6.07, 6.45) is 3.38. The number of rotatable bonds is 7. The number of nitrogens with two attached hydrogens (primary N) is 1. The minimum absolute atomic E-state index is 0. The second-order valence-corrected chi connectivity index (χ2v) is 5.60. The van der Waals surface area contributed by atoms with Crippen molar-refractivity contribution in [2.75, 3.05) is 13.7 Å². The third-order valence-electron chi connectivity index (χ3n) is 4.17.